The molecule has 0 radical (unpaired) electrons. The van der Waals surface area contributed by atoms with Gasteiger partial charge in [0.25, 0.3) is 5.91 Å². The number of aryl methyl sites for hydroxylation is 2. The van der Waals surface area contributed by atoms with Crippen molar-refractivity contribution in [2.75, 3.05) is 31.5 Å². The number of carbonyl (C=O) groups excluding carboxylic acids is 1. The van der Waals surface area contributed by atoms with E-state index in [2.05, 4.69) is 70.5 Å². The highest BCUT2D eigenvalue weighted by molar-refractivity contribution is 5.96. The van der Waals surface area contributed by atoms with Crippen molar-refractivity contribution in [3.05, 3.63) is 77.7 Å². The molecule has 0 spiro atoms. The van der Waals surface area contributed by atoms with Crippen molar-refractivity contribution in [1.82, 2.24) is 24.6 Å². The highest BCUT2D eigenvalue weighted by atomic mass is 16.1. The molecule has 0 aliphatic carbocycles. The van der Waals surface area contributed by atoms with Gasteiger partial charge in [-0.3, -0.25) is 9.20 Å². The summed E-state index contributed by atoms with van der Waals surface area (Å²) in [4.78, 5) is 24.4. The van der Waals surface area contributed by atoms with Crippen molar-refractivity contribution in [1.29, 1.82) is 0 Å². The normalized spacial score (nSPS) is 11.3. The Morgan fingerprint density at radius 3 is 2.43 bits per heavy atom. The molecule has 2 heterocycles. The van der Waals surface area contributed by atoms with E-state index >= 15 is 0 Å². The van der Waals surface area contributed by atoms with E-state index in [1.807, 2.05) is 41.9 Å². The number of anilines is 2. The van der Waals surface area contributed by atoms with Crippen LogP contribution in [0.2, 0.25) is 0 Å². The van der Waals surface area contributed by atoms with Gasteiger partial charge < -0.3 is 15.5 Å². The second kappa shape index (κ2) is 12.5. The molecule has 0 aliphatic heterocycles. The Morgan fingerprint density at radius 2 is 1.73 bits per heavy atom. The largest absolute Gasteiger partial charge is 0.352 e. The SMILES string of the molecule is CCCN(CCC)CCCNC(=O)c1ccc(Nc2nccn3c(-c4ccc(C)cc4)cnc23)cc1C. The first-order valence-electron chi connectivity index (χ1n) is 13.3. The van der Waals surface area contributed by atoms with Crippen LogP contribution in [-0.4, -0.2) is 51.4 Å². The minimum atomic E-state index is -0.0298. The van der Waals surface area contributed by atoms with Gasteiger partial charge in [-0.05, 0) is 76.5 Å². The van der Waals surface area contributed by atoms with Crippen LogP contribution in [0, 0.1) is 13.8 Å². The summed E-state index contributed by atoms with van der Waals surface area (Å²) < 4.78 is 2.04. The molecule has 2 aromatic carbocycles. The van der Waals surface area contributed by atoms with Crippen molar-refractivity contribution in [2.24, 2.45) is 0 Å². The van der Waals surface area contributed by atoms with Crippen LogP contribution in [0.25, 0.3) is 16.9 Å². The maximum absolute atomic E-state index is 12.8. The Bertz CT molecular complexity index is 1320. The number of carbonyl (C=O) groups is 1. The highest BCUT2D eigenvalue weighted by Crippen LogP contribution is 2.26. The predicted octanol–water partition coefficient (Wildman–Crippen LogP) is 6.00. The molecule has 0 saturated heterocycles. The Kier molecular flexibility index (Phi) is 8.90. The standard InChI is InChI=1S/C30H38N6O/c1-5-16-35(17-6-2)18-7-14-32-30(37)26-13-12-25(20-23(26)4)34-28-29-33-21-27(36(29)19-15-31-28)24-10-8-22(3)9-11-24/h8-13,15,19-21H,5-7,14,16-18H2,1-4H3,(H,31,34)(H,32,37). The van der Waals surface area contributed by atoms with Crippen LogP contribution in [0.4, 0.5) is 11.5 Å². The monoisotopic (exact) mass is 498 g/mol. The van der Waals surface area contributed by atoms with Crippen LogP contribution < -0.4 is 10.6 Å². The van der Waals surface area contributed by atoms with E-state index < -0.39 is 0 Å². The Morgan fingerprint density at radius 1 is 0.973 bits per heavy atom. The average molecular weight is 499 g/mol. The van der Waals surface area contributed by atoms with Crippen molar-refractivity contribution in [2.45, 2.75) is 47.0 Å². The molecular formula is C30H38N6O. The fourth-order valence-electron chi connectivity index (χ4n) is 4.65. The smallest absolute Gasteiger partial charge is 0.251 e. The van der Waals surface area contributed by atoms with Crippen LogP contribution >= 0.6 is 0 Å². The first kappa shape index (κ1) is 26.4. The maximum atomic E-state index is 12.8. The van der Waals surface area contributed by atoms with Gasteiger partial charge in [0.2, 0.25) is 0 Å². The number of rotatable bonds is 12. The van der Waals surface area contributed by atoms with Gasteiger partial charge >= 0.3 is 0 Å². The van der Waals surface area contributed by atoms with E-state index in [9.17, 15) is 4.79 Å². The van der Waals surface area contributed by atoms with Gasteiger partial charge in [0.05, 0.1) is 11.9 Å². The molecule has 0 aliphatic rings. The predicted molar refractivity (Wildman–Crippen MR) is 152 cm³/mol. The summed E-state index contributed by atoms with van der Waals surface area (Å²) in [6, 6.07) is 14.2. The fourth-order valence-corrected chi connectivity index (χ4v) is 4.65. The number of nitrogens with one attached hydrogen (secondary N) is 2. The number of hydrogen-bond acceptors (Lipinski definition) is 5. The van der Waals surface area contributed by atoms with Crippen LogP contribution in [-0.2, 0) is 0 Å². The zero-order valence-electron chi connectivity index (χ0n) is 22.4. The lowest BCUT2D eigenvalue weighted by Gasteiger charge is -2.20. The minimum absolute atomic E-state index is 0.0298. The number of imidazole rings is 1. The third-order valence-electron chi connectivity index (χ3n) is 6.53. The third-order valence-corrected chi connectivity index (χ3v) is 6.53. The van der Waals surface area contributed by atoms with Crippen LogP contribution in [0.3, 0.4) is 0 Å². The molecule has 37 heavy (non-hydrogen) atoms. The van der Waals surface area contributed by atoms with E-state index in [-0.39, 0.29) is 5.91 Å². The van der Waals surface area contributed by atoms with Crippen LogP contribution in [0.5, 0.6) is 0 Å². The van der Waals surface area contributed by atoms with Crippen molar-refractivity contribution >= 4 is 23.1 Å². The van der Waals surface area contributed by atoms with Crippen LogP contribution in [0.1, 0.15) is 54.6 Å². The lowest BCUT2D eigenvalue weighted by molar-refractivity contribution is 0.0951. The Hall–Kier alpha value is -3.71. The molecule has 7 nitrogen and oxygen atoms in total. The van der Waals surface area contributed by atoms with E-state index in [1.165, 1.54) is 5.56 Å². The molecule has 4 aromatic rings. The zero-order valence-corrected chi connectivity index (χ0v) is 22.4. The molecule has 2 aromatic heterocycles. The quantitative estimate of drug-likeness (QED) is 0.234. The van der Waals surface area contributed by atoms with Crippen molar-refractivity contribution < 1.29 is 4.79 Å². The lowest BCUT2D eigenvalue weighted by atomic mass is 10.1. The molecule has 7 heteroatoms. The molecule has 194 valence electrons. The molecule has 0 atom stereocenters. The van der Waals surface area contributed by atoms with Gasteiger partial charge in [0.15, 0.2) is 11.5 Å². The summed E-state index contributed by atoms with van der Waals surface area (Å²) in [5.41, 5.74) is 6.55. The van der Waals surface area contributed by atoms with Gasteiger partial charge in [0.1, 0.15) is 0 Å². The minimum Gasteiger partial charge on any atom is -0.352 e. The number of aromatic nitrogens is 3. The van der Waals surface area contributed by atoms with E-state index in [0.717, 1.165) is 67.1 Å². The molecule has 0 bridgehead atoms. The summed E-state index contributed by atoms with van der Waals surface area (Å²) in [6.07, 6.45) is 8.83. The third kappa shape index (κ3) is 6.54. The zero-order chi connectivity index (χ0) is 26.2. The molecule has 0 unspecified atom stereocenters. The summed E-state index contributed by atoms with van der Waals surface area (Å²) in [5.74, 6) is 0.638. The van der Waals surface area contributed by atoms with Gasteiger partial charge in [-0.2, -0.15) is 0 Å². The lowest BCUT2D eigenvalue weighted by Crippen LogP contribution is -2.31. The fraction of sp³-hybridized carbons (Fsp3) is 0.367. The van der Waals surface area contributed by atoms with Gasteiger partial charge in [-0.1, -0.05) is 43.7 Å². The van der Waals surface area contributed by atoms with E-state index in [1.54, 1.807) is 6.20 Å². The second-order valence-electron chi connectivity index (χ2n) is 9.58. The Balaban J connectivity index is 1.41. The number of nitrogens with zero attached hydrogens (tertiary/aromatic N) is 4. The summed E-state index contributed by atoms with van der Waals surface area (Å²) in [7, 11) is 0. The topological polar surface area (TPSA) is 74.6 Å². The Labute approximate surface area is 220 Å². The molecule has 4 rings (SSSR count). The highest BCUT2D eigenvalue weighted by Gasteiger charge is 2.13. The van der Waals surface area contributed by atoms with Crippen molar-refractivity contribution in [3.8, 4) is 11.3 Å². The molecule has 1 amide bonds. The number of amides is 1. The van der Waals surface area contributed by atoms with Gasteiger partial charge in [-0.15, -0.1) is 0 Å². The number of benzene rings is 2. The molecule has 0 saturated carbocycles. The van der Waals surface area contributed by atoms with Crippen molar-refractivity contribution in [3.63, 3.8) is 0 Å². The number of fused-ring (bicyclic) bond motifs is 1. The van der Waals surface area contributed by atoms with E-state index in [0.29, 0.717) is 17.9 Å². The van der Waals surface area contributed by atoms with Gasteiger partial charge in [0, 0.05) is 35.8 Å². The molecule has 2 N–H and O–H groups in total. The molecule has 0 fully saturated rings. The van der Waals surface area contributed by atoms with Crippen LogP contribution in [0.15, 0.2) is 61.1 Å². The summed E-state index contributed by atoms with van der Waals surface area (Å²) in [5, 5.41) is 6.47. The van der Waals surface area contributed by atoms with Gasteiger partial charge in [-0.25, -0.2) is 9.97 Å². The average Bonchev–Trinajstić information content (AvgIpc) is 3.32. The summed E-state index contributed by atoms with van der Waals surface area (Å²) in [6.45, 7) is 12.4. The first-order valence-corrected chi connectivity index (χ1v) is 13.3. The first-order chi connectivity index (χ1) is 18.0. The maximum Gasteiger partial charge on any atom is 0.251 e. The second-order valence-corrected chi connectivity index (χ2v) is 9.58. The molecular weight excluding hydrogens is 460 g/mol. The summed E-state index contributed by atoms with van der Waals surface area (Å²) >= 11 is 0. The number of hydrogen-bond donors (Lipinski definition) is 2. The van der Waals surface area contributed by atoms with E-state index in [4.69, 9.17) is 0 Å².